The summed E-state index contributed by atoms with van der Waals surface area (Å²) in [6, 6.07) is 9.16. The number of halogens is 1. The summed E-state index contributed by atoms with van der Waals surface area (Å²) < 4.78 is 5.01. The lowest BCUT2D eigenvalue weighted by atomic mass is 10.0. The molecule has 3 rings (SSSR count). The Morgan fingerprint density at radius 2 is 2.12 bits per heavy atom. The fraction of sp³-hybridized carbons (Fsp3) is 0.389. The van der Waals surface area contributed by atoms with Crippen LogP contribution in [0.3, 0.4) is 0 Å². The largest absolute Gasteiger partial charge is 0.468 e. The highest BCUT2D eigenvalue weighted by atomic mass is 35.5. The first-order valence-corrected chi connectivity index (χ1v) is 9.10. The molecule has 0 fully saturated rings. The molecular weight excluding hydrogens is 346 g/mol. The lowest BCUT2D eigenvalue weighted by Gasteiger charge is -2.33. The zero-order chi connectivity index (χ0) is 17.5. The van der Waals surface area contributed by atoms with E-state index in [9.17, 15) is 4.79 Å². The normalized spacial score (nSPS) is 15.0. The van der Waals surface area contributed by atoms with Crippen molar-refractivity contribution in [1.29, 1.82) is 0 Å². The molecule has 0 saturated heterocycles. The van der Waals surface area contributed by atoms with Crippen molar-refractivity contribution in [2.24, 2.45) is 0 Å². The third-order valence-electron chi connectivity index (χ3n) is 3.83. The maximum absolute atomic E-state index is 12.3. The van der Waals surface area contributed by atoms with Crippen LogP contribution in [0.2, 0.25) is 5.02 Å². The summed E-state index contributed by atoms with van der Waals surface area (Å²) in [6.07, 6.45) is 0.963. The minimum Gasteiger partial charge on any atom is -0.468 e. The van der Waals surface area contributed by atoms with Crippen LogP contribution >= 0.6 is 22.9 Å². The van der Waals surface area contributed by atoms with Gasteiger partial charge < -0.3 is 9.84 Å². The molecule has 0 radical (unpaired) electrons. The molecule has 0 aliphatic carbocycles. The molecule has 2 heterocycles. The fourth-order valence-electron chi connectivity index (χ4n) is 2.77. The first-order valence-electron chi connectivity index (χ1n) is 7.84. The SMILES string of the molecule is CCO.COC(=O)C(c1ccccc1Cl)N1CCc2sccc2C1. The van der Waals surface area contributed by atoms with Gasteiger partial charge in [-0.25, -0.2) is 4.79 Å². The van der Waals surface area contributed by atoms with Crippen molar-refractivity contribution >= 4 is 28.9 Å². The second-order valence-corrected chi connectivity index (χ2v) is 6.76. The van der Waals surface area contributed by atoms with E-state index in [1.165, 1.54) is 17.6 Å². The van der Waals surface area contributed by atoms with Crippen LogP contribution < -0.4 is 0 Å². The first kappa shape index (κ1) is 18.9. The van der Waals surface area contributed by atoms with Gasteiger partial charge in [-0.15, -0.1) is 11.3 Å². The van der Waals surface area contributed by atoms with Crippen molar-refractivity contribution in [3.63, 3.8) is 0 Å². The summed E-state index contributed by atoms with van der Waals surface area (Å²) in [4.78, 5) is 15.8. The highest BCUT2D eigenvalue weighted by Crippen LogP contribution is 2.33. The molecule has 1 N–H and O–H groups in total. The summed E-state index contributed by atoms with van der Waals surface area (Å²) in [7, 11) is 1.42. The van der Waals surface area contributed by atoms with Crippen molar-refractivity contribution in [2.45, 2.75) is 25.9 Å². The van der Waals surface area contributed by atoms with E-state index in [0.29, 0.717) is 5.02 Å². The van der Waals surface area contributed by atoms with Gasteiger partial charge in [-0.3, -0.25) is 4.90 Å². The Hall–Kier alpha value is -1.40. The number of thiophene rings is 1. The van der Waals surface area contributed by atoms with Gasteiger partial charge in [0.25, 0.3) is 0 Å². The summed E-state index contributed by atoms with van der Waals surface area (Å²) in [5.41, 5.74) is 2.11. The Labute approximate surface area is 151 Å². The zero-order valence-electron chi connectivity index (χ0n) is 13.9. The molecule has 0 spiro atoms. The van der Waals surface area contributed by atoms with Crippen LogP contribution in [0.25, 0.3) is 0 Å². The van der Waals surface area contributed by atoms with Crippen molar-refractivity contribution in [1.82, 2.24) is 4.90 Å². The molecule has 6 heteroatoms. The predicted octanol–water partition coefficient (Wildman–Crippen LogP) is 3.67. The number of aliphatic hydroxyl groups excluding tert-OH is 1. The van der Waals surface area contributed by atoms with E-state index >= 15 is 0 Å². The van der Waals surface area contributed by atoms with Crippen LogP contribution in [0.4, 0.5) is 0 Å². The fourth-order valence-corrected chi connectivity index (χ4v) is 3.90. The summed E-state index contributed by atoms with van der Waals surface area (Å²) in [5, 5.41) is 10.3. The average molecular weight is 368 g/mol. The number of hydrogen-bond acceptors (Lipinski definition) is 5. The molecule has 1 atom stereocenters. The third-order valence-corrected chi connectivity index (χ3v) is 5.19. The quantitative estimate of drug-likeness (QED) is 0.841. The highest BCUT2D eigenvalue weighted by molar-refractivity contribution is 7.10. The molecule has 24 heavy (non-hydrogen) atoms. The first-order chi connectivity index (χ1) is 11.6. The van der Waals surface area contributed by atoms with E-state index in [0.717, 1.165) is 25.1 Å². The number of methoxy groups -OCH3 is 1. The number of carbonyl (C=O) groups excluding carboxylic acids is 1. The van der Waals surface area contributed by atoms with E-state index in [1.807, 2.05) is 24.3 Å². The Bertz CT molecular complexity index is 674. The van der Waals surface area contributed by atoms with Gasteiger partial charge in [0.1, 0.15) is 6.04 Å². The van der Waals surface area contributed by atoms with Gasteiger partial charge in [0.15, 0.2) is 0 Å². The molecule has 1 aliphatic rings. The molecule has 0 bridgehead atoms. The van der Waals surface area contributed by atoms with Crippen LogP contribution in [-0.4, -0.2) is 36.2 Å². The average Bonchev–Trinajstić information content (AvgIpc) is 3.05. The number of aliphatic hydroxyl groups is 1. The molecule has 1 aromatic carbocycles. The van der Waals surface area contributed by atoms with Gasteiger partial charge in [0.05, 0.1) is 7.11 Å². The van der Waals surface area contributed by atoms with E-state index in [4.69, 9.17) is 21.4 Å². The Balaban J connectivity index is 0.000000647. The lowest BCUT2D eigenvalue weighted by Crippen LogP contribution is -2.38. The molecular formula is C18H22ClNO3S. The number of rotatable bonds is 3. The number of benzene rings is 1. The molecule has 1 unspecified atom stereocenters. The van der Waals surface area contributed by atoms with E-state index in [-0.39, 0.29) is 12.6 Å². The molecule has 0 amide bonds. The Morgan fingerprint density at radius 3 is 2.79 bits per heavy atom. The number of hydrogen-bond donors (Lipinski definition) is 1. The molecule has 1 aliphatic heterocycles. The third kappa shape index (κ3) is 4.36. The van der Waals surface area contributed by atoms with Crippen LogP contribution in [0.5, 0.6) is 0 Å². The monoisotopic (exact) mass is 367 g/mol. The topological polar surface area (TPSA) is 49.8 Å². The number of nitrogens with zero attached hydrogens (tertiary/aromatic N) is 1. The highest BCUT2D eigenvalue weighted by Gasteiger charge is 2.32. The maximum atomic E-state index is 12.3. The predicted molar refractivity (Wildman–Crippen MR) is 97.4 cm³/mol. The smallest absolute Gasteiger partial charge is 0.327 e. The minimum absolute atomic E-state index is 0.250. The second-order valence-electron chi connectivity index (χ2n) is 5.35. The van der Waals surface area contributed by atoms with Crippen LogP contribution in [0.1, 0.15) is 29.0 Å². The molecule has 1 aromatic heterocycles. The Kier molecular flexibility index (Phi) is 7.24. The number of esters is 1. The Morgan fingerprint density at radius 1 is 1.42 bits per heavy atom. The molecule has 2 aromatic rings. The van der Waals surface area contributed by atoms with Gasteiger partial charge in [-0.2, -0.15) is 0 Å². The van der Waals surface area contributed by atoms with E-state index < -0.39 is 6.04 Å². The van der Waals surface area contributed by atoms with Gasteiger partial charge in [-0.05, 0) is 42.0 Å². The number of carbonyl (C=O) groups is 1. The van der Waals surface area contributed by atoms with Crippen molar-refractivity contribution in [3.05, 3.63) is 56.7 Å². The second kappa shape index (κ2) is 9.18. The number of ether oxygens (including phenoxy) is 1. The molecule has 4 nitrogen and oxygen atoms in total. The summed E-state index contributed by atoms with van der Waals surface area (Å²) in [5.74, 6) is -0.262. The van der Waals surface area contributed by atoms with Crippen LogP contribution in [0, 0.1) is 0 Å². The zero-order valence-corrected chi connectivity index (χ0v) is 15.4. The van der Waals surface area contributed by atoms with E-state index in [1.54, 1.807) is 18.3 Å². The number of fused-ring (bicyclic) bond motifs is 1. The van der Waals surface area contributed by atoms with Crippen LogP contribution in [-0.2, 0) is 22.5 Å². The van der Waals surface area contributed by atoms with Crippen molar-refractivity contribution in [2.75, 3.05) is 20.3 Å². The van der Waals surface area contributed by atoms with Gasteiger partial charge in [0, 0.05) is 29.6 Å². The minimum atomic E-state index is -0.447. The summed E-state index contributed by atoms with van der Waals surface area (Å²) >= 11 is 8.07. The van der Waals surface area contributed by atoms with Crippen molar-refractivity contribution < 1.29 is 14.6 Å². The summed E-state index contributed by atoms with van der Waals surface area (Å²) in [6.45, 7) is 3.52. The van der Waals surface area contributed by atoms with E-state index in [2.05, 4.69) is 16.3 Å². The van der Waals surface area contributed by atoms with Gasteiger partial charge in [-0.1, -0.05) is 29.8 Å². The molecule has 0 saturated carbocycles. The standard InChI is InChI=1S/C16H16ClNO2S.C2H6O/c1-20-16(19)15(12-4-2-3-5-13(12)17)18-8-6-14-11(10-18)7-9-21-14;1-2-3/h2-5,7,9,15H,6,8,10H2,1H3;3H,2H2,1H3. The lowest BCUT2D eigenvalue weighted by molar-refractivity contribution is -0.147. The van der Waals surface area contributed by atoms with Gasteiger partial charge >= 0.3 is 5.97 Å². The van der Waals surface area contributed by atoms with Crippen LogP contribution in [0.15, 0.2) is 35.7 Å². The van der Waals surface area contributed by atoms with Gasteiger partial charge in [0.2, 0.25) is 0 Å². The maximum Gasteiger partial charge on any atom is 0.327 e. The van der Waals surface area contributed by atoms with Crippen molar-refractivity contribution in [3.8, 4) is 0 Å². The molecule has 130 valence electrons.